The number of nitrogens with one attached hydrogen (secondary N) is 2. The molecule has 0 aliphatic heterocycles. The Bertz CT molecular complexity index is 1190. The molecule has 0 atom stereocenters. The minimum absolute atomic E-state index is 0.0122. The zero-order valence-corrected chi connectivity index (χ0v) is 16.6. The van der Waals surface area contributed by atoms with Gasteiger partial charge in [-0.15, -0.1) is 0 Å². The minimum atomic E-state index is -3.93. The van der Waals surface area contributed by atoms with Crippen LogP contribution >= 0.6 is 11.6 Å². The molecule has 0 aliphatic carbocycles. The maximum atomic E-state index is 12.5. The maximum absolute atomic E-state index is 12.5. The van der Waals surface area contributed by atoms with Gasteiger partial charge in [-0.3, -0.25) is 4.72 Å². The van der Waals surface area contributed by atoms with Crippen LogP contribution in [0.4, 0.5) is 5.82 Å². The van der Waals surface area contributed by atoms with E-state index in [0.29, 0.717) is 15.9 Å². The molecular weight excluding hydrogens is 410 g/mol. The molecule has 2 aromatic carbocycles. The van der Waals surface area contributed by atoms with Gasteiger partial charge in [-0.2, -0.15) is 0 Å². The van der Waals surface area contributed by atoms with E-state index < -0.39 is 20.0 Å². The molecule has 0 saturated heterocycles. The number of rotatable bonds is 6. The largest absolute Gasteiger partial charge is 0.263 e. The number of fused-ring (bicyclic) bond motifs is 1. The molecule has 7 nitrogen and oxygen atoms in total. The van der Waals surface area contributed by atoms with Gasteiger partial charge in [0, 0.05) is 17.0 Å². The molecule has 2 N–H and O–H groups in total. The Balaban J connectivity index is 1.89. The highest BCUT2D eigenvalue weighted by molar-refractivity contribution is 7.92. The lowest BCUT2D eigenvalue weighted by atomic mass is 10.2. The third kappa shape index (κ3) is 4.22. The summed E-state index contributed by atoms with van der Waals surface area (Å²) < 4.78 is 53.7. The van der Waals surface area contributed by atoms with Gasteiger partial charge in [0.25, 0.3) is 10.0 Å². The van der Waals surface area contributed by atoms with Crippen LogP contribution in [-0.4, -0.2) is 28.4 Å². The average Bonchev–Trinajstić information content (AvgIpc) is 2.61. The molecule has 10 heteroatoms. The summed E-state index contributed by atoms with van der Waals surface area (Å²) in [7, 11) is -7.58. The third-order valence-corrected chi connectivity index (χ3v) is 6.96. The highest BCUT2D eigenvalue weighted by atomic mass is 35.5. The van der Waals surface area contributed by atoms with E-state index in [1.807, 2.05) is 0 Å². The standard InChI is InChI=1S/C17H16ClN3O4S2/c1-2-19-26(22,23)12-6-8-13(9-7-12)27(24,25)21-17-11-10-14-15(18)4-3-5-16(14)20-17/h3-11,19H,2H2,1H3,(H,20,21). The molecule has 1 heterocycles. The van der Waals surface area contributed by atoms with E-state index in [4.69, 9.17) is 11.6 Å². The number of benzene rings is 2. The predicted molar refractivity (Wildman–Crippen MR) is 105 cm³/mol. The van der Waals surface area contributed by atoms with Crippen LogP contribution < -0.4 is 9.44 Å². The Morgan fingerprint density at radius 2 is 1.52 bits per heavy atom. The first-order valence-corrected chi connectivity index (χ1v) is 11.3. The van der Waals surface area contributed by atoms with Gasteiger partial charge in [0.1, 0.15) is 5.82 Å². The van der Waals surface area contributed by atoms with Gasteiger partial charge in [-0.25, -0.2) is 26.5 Å². The van der Waals surface area contributed by atoms with Crippen LogP contribution in [-0.2, 0) is 20.0 Å². The molecule has 0 saturated carbocycles. The van der Waals surface area contributed by atoms with Crippen molar-refractivity contribution in [2.75, 3.05) is 11.3 Å². The molecule has 0 radical (unpaired) electrons. The first kappa shape index (κ1) is 19.6. The second-order valence-electron chi connectivity index (χ2n) is 5.58. The highest BCUT2D eigenvalue weighted by Gasteiger charge is 2.18. The van der Waals surface area contributed by atoms with E-state index in [0.717, 1.165) is 0 Å². The normalized spacial score (nSPS) is 12.2. The highest BCUT2D eigenvalue weighted by Crippen LogP contribution is 2.24. The zero-order chi connectivity index (χ0) is 19.7. The fourth-order valence-electron chi connectivity index (χ4n) is 2.44. The molecule has 0 bridgehead atoms. The monoisotopic (exact) mass is 425 g/mol. The SMILES string of the molecule is CCNS(=O)(=O)c1ccc(S(=O)(=O)Nc2ccc3c(Cl)cccc3n2)cc1. The summed E-state index contributed by atoms with van der Waals surface area (Å²) in [5.41, 5.74) is 0.551. The van der Waals surface area contributed by atoms with Crippen molar-refractivity contribution in [2.24, 2.45) is 0 Å². The van der Waals surface area contributed by atoms with Crippen LogP contribution in [0, 0.1) is 0 Å². The Morgan fingerprint density at radius 3 is 2.15 bits per heavy atom. The first-order chi connectivity index (χ1) is 12.7. The molecule has 1 aromatic heterocycles. The Labute approximate surface area is 162 Å². The number of pyridine rings is 1. The Kier molecular flexibility index (Phi) is 5.38. The molecule has 142 valence electrons. The summed E-state index contributed by atoms with van der Waals surface area (Å²) in [6.45, 7) is 1.89. The van der Waals surface area contributed by atoms with Crippen molar-refractivity contribution >= 4 is 48.4 Å². The first-order valence-electron chi connectivity index (χ1n) is 7.91. The quantitative estimate of drug-likeness (QED) is 0.631. The Hall–Kier alpha value is -2.20. The molecule has 0 unspecified atom stereocenters. The number of sulfonamides is 2. The van der Waals surface area contributed by atoms with Gasteiger partial charge in [-0.1, -0.05) is 24.6 Å². The molecule has 27 heavy (non-hydrogen) atoms. The number of aromatic nitrogens is 1. The van der Waals surface area contributed by atoms with E-state index in [2.05, 4.69) is 14.4 Å². The smallest absolute Gasteiger partial charge is 0.263 e. The lowest BCUT2D eigenvalue weighted by molar-refractivity contribution is 0.583. The van der Waals surface area contributed by atoms with Gasteiger partial charge in [0.2, 0.25) is 10.0 Å². The summed E-state index contributed by atoms with van der Waals surface area (Å²) in [4.78, 5) is 4.16. The predicted octanol–water partition coefficient (Wildman–Crippen LogP) is 2.99. The maximum Gasteiger partial charge on any atom is 0.263 e. The lowest BCUT2D eigenvalue weighted by Crippen LogP contribution is -2.23. The van der Waals surface area contributed by atoms with Crippen LogP contribution in [0.3, 0.4) is 0 Å². The van der Waals surface area contributed by atoms with E-state index in [9.17, 15) is 16.8 Å². The van der Waals surface area contributed by atoms with Crippen LogP contribution in [0.1, 0.15) is 6.92 Å². The topological polar surface area (TPSA) is 105 Å². The van der Waals surface area contributed by atoms with E-state index in [-0.39, 0.29) is 22.2 Å². The molecule has 0 amide bonds. The van der Waals surface area contributed by atoms with E-state index >= 15 is 0 Å². The zero-order valence-electron chi connectivity index (χ0n) is 14.2. The van der Waals surface area contributed by atoms with Crippen LogP contribution in [0.15, 0.2) is 64.4 Å². The van der Waals surface area contributed by atoms with Gasteiger partial charge in [-0.05, 0) is 48.5 Å². The molecule has 0 spiro atoms. The van der Waals surface area contributed by atoms with Crippen molar-refractivity contribution in [2.45, 2.75) is 16.7 Å². The van der Waals surface area contributed by atoms with Gasteiger partial charge in [0.15, 0.2) is 0 Å². The molecule has 0 fully saturated rings. The van der Waals surface area contributed by atoms with Crippen molar-refractivity contribution < 1.29 is 16.8 Å². The van der Waals surface area contributed by atoms with E-state index in [1.165, 1.54) is 30.3 Å². The fraction of sp³-hybridized carbons (Fsp3) is 0.118. The molecule has 3 aromatic rings. The van der Waals surface area contributed by atoms with Gasteiger partial charge < -0.3 is 0 Å². The summed E-state index contributed by atoms with van der Waals surface area (Å²) >= 11 is 6.08. The number of halogens is 1. The second-order valence-corrected chi connectivity index (χ2v) is 9.44. The van der Waals surface area contributed by atoms with Crippen molar-refractivity contribution in [3.8, 4) is 0 Å². The third-order valence-electron chi connectivity index (χ3n) is 3.70. The summed E-state index contributed by atoms with van der Waals surface area (Å²) in [5, 5.41) is 1.23. The second kappa shape index (κ2) is 7.43. The van der Waals surface area contributed by atoms with Crippen LogP contribution in [0.25, 0.3) is 10.9 Å². The summed E-state index contributed by atoms with van der Waals surface area (Å²) in [6, 6.07) is 13.3. The number of nitrogens with zero attached hydrogens (tertiary/aromatic N) is 1. The van der Waals surface area contributed by atoms with Crippen LogP contribution in [0.2, 0.25) is 5.02 Å². The number of hydrogen-bond acceptors (Lipinski definition) is 5. The molecule has 0 aliphatic rings. The summed E-state index contributed by atoms with van der Waals surface area (Å²) in [6.07, 6.45) is 0. The lowest BCUT2D eigenvalue weighted by Gasteiger charge is -2.10. The van der Waals surface area contributed by atoms with Crippen LogP contribution in [0.5, 0.6) is 0 Å². The fourth-order valence-corrected chi connectivity index (χ4v) is 4.72. The number of hydrogen-bond donors (Lipinski definition) is 2. The summed E-state index contributed by atoms with van der Waals surface area (Å²) in [5.74, 6) is 0.133. The van der Waals surface area contributed by atoms with Crippen molar-refractivity contribution in [3.63, 3.8) is 0 Å². The van der Waals surface area contributed by atoms with E-state index in [1.54, 1.807) is 31.2 Å². The molecular formula is C17H16ClN3O4S2. The van der Waals surface area contributed by atoms with Gasteiger partial charge in [0.05, 0.1) is 15.3 Å². The average molecular weight is 426 g/mol. The number of anilines is 1. The van der Waals surface area contributed by atoms with Gasteiger partial charge >= 0.3 is 0 Å². The molecule has 3 rings (SSSR count). The van der Waals surface area contributed by atoms with Crippen molar-refractivity contribution in [1.82, 2.24) is 9.71 Å². The minimum Gasteiger partial charge on any atom is -0.263 e. The van der Waals surface area contributed by atoms with Crippen molar-refractivity contribution in [1.29, 1.82) is 0 Å². The van der Waals surface area contributed by atoms with Crippen molar-refractivity contribution in [3.05, 3.63) is 59.6 Å². The Morgan fingerprint density at radius 1 is 0.889 bits per heavy atom.